The molecule has 0 bridgehead atoms. The molecule has 0 amide bonds. The SMILES string of the molecule is CCc1cncc(C(=N)NC(C)C)c1. The Hall–Kier alpha value is -1.38. The monoisotopic (exact) mass is 191 g/mol. The number of hydrogen-bond donors (Lipinski definition) is 2. The maximum Gasteiger partial charge on any atom is 0.127 e. The number of aromatic nitrogens is 1. The second-order valence-electron chi connectivity index (χ2n) is 3.61. The van der Waals surface area contributed by atoms with Crippen LogP contribution in [0, 0.1) is 5.41 Å². The lowest BCUT2D eigenvalue weighted by molar-refractivity contribution is 0.730. The first-order valence-corrected chi connectivity index (χ1v) is 4.93. The van der Waals surface area contributed by atoms with E-state index in [2.05, 4.69) is 17.2 Å². The molecule has 0 atom stereocenters. The Kier molecular flexibility index (Phi) is 3.63. The zero-order valence-electron chi connectivity index (χ0n) is 8.96. The van der Waals surface area contributed by atoms with Gasteiger partial charge in [-0.3, -0.25) is 10.4 Å². The van der Waals surface area contributed by atoms with Gasteiger partial charge in [-0.2, -0.15) is 0 Å². The number of rotatable bonds is 3. The first-order valence-electron chi connectivity index (χ1n) is 4.93. The number of amidine groups is 1. The van der Waals surface area contributed by atoms with Crippen LogP contribution in [0.2, 0.25) is 0 Å². The van der Waals surface area contributed by atoms with Crippen molar-refractivity contribution in [1.29, 1.82) is 5.41 Å². The zero-order chi connectivity index (χ0) is 10.6. The maximum atomic E-state index is 7.78. The van der Waals surface area contributed by atoms with Crippen molar-refractivity contribution in [1.82, 2.24) is 10.3 Å². The number of aryl methyl sites for hydroxylation is 1. The van der Waals surface area contributed by atoms with E-state index in [-0.39, 0.29) is 6.04 Å². The van der Waals surface area contributed by atoms with Crippen LogP contribution in [0.25, 0.3) is 0 Å². The van der Waals surface area contributed by atoms with Crippen LogP contribution in [0.15, 0.2) is 18.5 Å². The van der Waals surface area contributed by atoms with Crippen LogP contribution >= 0.6 is 0 Å². The molecule has 0 aliphatic heterocycles. The molecule has 14 heavy (non-hydrogen) atoms. The molecular formula is C11H17N3. The molecule has 1 rings (SSSR count). The minimum Gasteiger partial charge on any atom is -0.368 e. The summed E-state index contributed by atoms with van der Waals surface area (Å²) in [6, 6.07) is 2.29. The van der Waals surface area contributed by atoms with E-state index in [1.54, 1.807) is 6.20 Å². The third kappa shape index (κ3) is 2.83. The van der Waals surface area contributed by atoms with Crippen LogP contribution in [0.3, 0.4) is 0 Å². The average molecular weight is 191 g/mol. The predicted octanol–water partition coefficient (Wildman–Crippen LogP) is 1.97. The molecule has 1 aromatic heterocycles. The van der Waals surface area contributed by atoms with Gasteiger partial charge in [-0.15, -0.1) is 0 Å². The predicted molar refractivity (Wildman–Crippen MR) is 58.7 cm³/mol. The highest BCUT2D eigenvalue weighted by Crippen LogP contribution is 2.03. The van der Waals surface area contributed by atoms with Gasteiger partial charge < -0.3 is 5.32 Å². The van der Waals surface area contributed by atoms with Gasteiger partial charge in [0.25, 0.3) is 0 Å². The fraction of sp³-hybridized carbons (Fsp3) is 0.455. The summed E-state index contributed by atoms with van der Waals surface area (Å²) in [6.45, 7) is 6.12. The van der Waals surface area contributed by atoms with Gasteiger partial charge >= 0.3 is 0 Å². The van der Waals surface area contributed by atoms with Crippen LogP contribution < -0.4 is 5.32 Å². The molecule has 0 aliphatic carbocycles. The smallest absolute Gasteiger partial charge is 0.127 e. The first kappa shape index (κ1) is 10.7. The van der Waals surface area contributed by atoms with Crippen molar-refractivity contribution in [2.75, 3.05) is 0 Å². The molecule has 0 saturated carbocycles. The van der Waals surface area contributed by atoms with E-state index in [9.17, 15) is 0 Å². The molecule has 0 spiro atoms. The molecule has 0 aromatic carbocycles. The Morgan fingerprint density at radius 1 is 1.50 bits per heavy atom. The standard InChI is InChI=1S/C11H17N3/c1-4-9-5-10(7-13-6-9)11(12)14-8(2)3/h5-8H,4H2,1-3H3,(H2,12,14). The third-order valence-electron chi connectivity index (χ3n) is 1.92. The summed E-state index contributed by atoms with van der Waals surface area (Å²) in [5, 5.41) is 10.8. The molecule has 0 aliphatic rings. The van der Waals surface area contributed by atoms with Crippen molar-refractivity contribution in [2.45, 2.75) is 33.2 Å². The molecule has 0 radical (unpaired) electrons. The van der Waals surface area contributed by atoms with Gasteiger partial charge in [0.2, 0.25) is 0 Å². The molecule has 2 N–H and O–H groups in total. The van der Waals surface area contributed by atoms with Crippen LogP contribution in [-0.4, -0.2) is 16.9 Å². The van der Waals surface area contributed by atoms with Gasteiger partial charge in [-0.1, -0.05) is 6.92 Å². The summed E-state index contributed by atoms with van der Waals surface area (Å²) in [4.78, 5) is 4.10. The summed E-state index contributed by atoms with van der Waals surface area (Å²) in [5.74, 6) is 0.447. The molecule has 3 heteroatoms. The van der Waals surface area contributed by atoms with Gasteiger partial charge in [-0.05, 0) is 31.9 Å². The summed E-state index contributed by atoms with van der Waals surface area (Å²) in [6.07, 6.45) is 4.51. The second kappa shape index (κ2) is 4.74. The van der Waals surface area contributed by atoms with Gasteiger partial charge in [0.1, 0.15) is 5.84 Å². The molecule has 0 unspecified atom stereocenters. The molecule has 1 aromatic rings. The molecule has 76 valence electrons. The van der Waals surface area contributed by atoms with Crippen molar-refractivity contribution in [2.24, 2.45) is 0 Å². The summed E-state index contributed by atoms with van der Waals surface area (Å²) >= 11 is 0. The van der Waals surface area contributed by atoms with E-state index in [0.717, 1.165) is 17.5 Å². The van der Waals surface area contributed by atoms with Crippen molar-refractivity contribution in [3.63, 3.8) is 0 Å². The minimum absolute atomic E-state index is 0.285. The lowest BCUT2D eigenvalue weighted by Crippen LogP contribution is -2.30. The Morgan fingerprint density at radius 3 is 2.79 bits per heavy atom. The van der Waals surface area contributed by atoms with Gasteiger partial charge in [0.05, 0.1) is 0 Å². The topological polar surface area (TPSA) is 48.8 Å². The van der Waals surface area contributed by atoms with Crippen molar-refractivity contribution in [3.05, 3.63) is 29.6 Å². The Labute approximate surface area is 85.1 Å². The Balaban J connectivity index is 2.79. The van der Waals surface area contributed by atoms with Crippen LogP contribution in [0.1, 0.15) is 31.9 Å². The molecule has 1 heterocycles. The van der Waals surface area contributed by atoms with Crippen LogP contribution in [0.5, 0.6) is 0 Å². The van der Waals surface area contributed by atoms with Gasteiger partial charge in [-0.25, -0.2) is 0 Å². The summed E-state index contributed by atoms with van der Waals surface area (Å²) < 4.78 is 0. The number of hydrogen-bond acceptors (Lipinski definition) is 2. The molecule has 0 fully saturated rings. The van der Waals surface area contributed by atoms with E-state index in [1.165, 1.54) is 0 Å². The Morgan fingerprint density at radius 2 is 2.21 bits per heavy atom. The van der Waals surface area contributed by atoms with Crippen molar-refractivity contribution < 1.29 is 0 Å². The van der Waals surface area contributed by atoms with E-state index >= 15 is 0 Å². The van der Waals surface area contributed by atoms with Crippen LogP contribution in [-0.2, 0) is 6.42 Å². The van der Waals surface area contributed by atoms with E-state index in [1.807, 2.05) is 26.1 Å². The molecular weight excluding hydrogens is 174 g/mol. The van der Waals surface area contributed by atoms with E-state index in [0.29, 0.717) is 5.84 Å². The number of nitrogens with one attached hydrogen (secondary N) is 2. The number of nitrogens with zero attached hydrogens (tertiary/aromatic N) is 1. The zero-order valence-corrected chi connectivity index (χ0v) is 8.96. The molecule has 0 saturated heterocycles. The highest BCUT2D eigenvalue weighted by molar-refractivity contribution is 5.96. The van der Waals surface area contributed by atoms with E-state index < -0.39 is 0 Å². The highest BCUT2D eigenvalue weighted by atomic mass is 15.0. The average Bonchev–Trinajstić information content (AvgIpc) is 2.17. The normalized spacial score (nSPS) is 10.3. The van der Waals surface area contributed by atoms with Gasteiger partial charge in [0, 0.05) is 24.0 Å². The minimum atomic E-state index is 0.285. The molecule has 3 nitrogen and oxygen atoms in total. The lowest BCUT2D eigenvalue weighted by atomic mass is 10.1. The number of pyridine rings is 1. The third-order valence-corrected chi connectivity index (χ3v) is 1.92. The Bertz CT molecular complexity index is 318. The van der Waals surface area contributed by atoms with E-state index in [4.69, 9.17) is 5.41 Å². The maximum absolute atomic E-state index is 7.78. The van der Waals surface area contributed by atoms with Crippen LogP contribution in [0.4, 0.5) is 0 Å². The fourth-order valence-corrected chi connectivity index (χ4v) is 1.19. The van der Waals surface area contributed by atoms with Crippen molar-refractivity contribution in [3.8, 4) is 0 Å². The lowest BCUT2D eigenvalue weighted by Gasteiger charge is -2.11. The quantitative estimate of drug-likeness (QED) is 0.567. The largest absolute Gasteiger partial charge is 0.368 e. The van der Waals surface area contributed by atoms with Crippen molar-refractivity contribution >= 4 is 5.84 Å². The summed E-state index contributed by atoms with van der Waals surface area (Å²) in [7, 11) is 0. The summed E-state index contributed by atoms with van der Waals surface area (Å²) in [5.41, 5.74) is 2.02. The van der Waals surface area contributed by atoms with Gasteiger partial charge in [0.15, 0.2) is 0 Å². The first-order chi connectivity index (χ1) is 6.63. The second-order valence-corrected chi connectivity index (χ2v) is 3.61. The fourth-order valence-electron chi connectivity index (χ4n) is 1.19. The highest BCUT2D eigenvalue weighted by Gasteiger charge is 2.03.